The third-order valence-electron chi connectivity index (χ3n) is 7.92. The molecule has 7 aromatic rings. The second kappa shape index (κ2) is 11.8. The Morgan fingerprint density at radius 2 is 1.00 bits per heavy atom. The molecule has 0 spiro atoms. The zero-order valence-electron chi connectivity index (χ0n) is 24.3. The van der Waals surface area contributed by atoms with Gasteiger partial charge in [0, 0.05) is 66.5 Å². The Bertz CT molecular complexity index is 2790. The minimum Gasteiger partial charge on any atom is -0.357 e. The fraction of sp³-hybridized carbons (Fsp3) is 0. The molecular formula is C32H16CoN8O6S2-2. The summed E-state index contributed by atoms with van der Waals surface area (Å²) >= 11 is 0.805. The van der Waals surface area contributed by atoms with Crippen LogP contribution >= 0.6 is 12.0 Å². The third-order valence-corrected chi connectivity index (χ3v) is 9.34. The van der Waals surface area contributed by atoms with E-state index in [2.05, 4.69) is 9.37 Å². The molecule has 3 aromatic heterocycles. The molecule has 8 bridgehead atoms. The van der Waals surface area contributed by atoms with E-state index in [0.29, 0.717) is 82.9 Å². The topological polar surface area (TPSA) is 199 Å². The van der Waals surface area contributed by atoms with Gasteiger partial charge in [0.25, 0.3) is 10.1 Å². The van der Waals surface area contributed by atoms with Crippen molar-refractivity contribution in [1.29, 1.82) is 0 Å². The molecule has 0 atom stereocenters. The minimum atomic E-state index is -4.53. The van der Waals surface area contributed by atoms with Gasteiger partial charge in [0.2, 0.25) is 0 Å². The summed E-state index contributed by atoms with van der Waals surface area (Å²) in [5.41, 5.74) is 3.45. The van der Waals surface area contributed by atoms with Gasteiger partial charge in [-0.15, -0.1) is 4.33 Å². The molecule has 2 N–H and O–H groups in total. The van der Waals surface area contributed by atoms with Gasteiger partial charge in [-0.1, -0.05) is 65.7 Å². The maximum atomic E-state index is 12.1. The maximum Gasteiger partial charge on any atom is 0.294 e. The van der Waals surface area contributed by atoms with Crippen LogP contribution in [0.3, 0.4) is 0 Å². The standard InChI is InChI=1S/C32H16N8O6S2.Co/c41-45-46-47-15-9-11-21-23(13-15)31-37-27-19-7-3-1-5-17(19)26(33-27)36-30-22-12-10-16(48(42,43)44)14-24(22)32(40-30)38-28-20-8-4-2-6-18(20)25(34-28)35-29(21)39-31;/h1-14H,(H2-2,33,34,35,36,37,38,39,40,41,42,43,44);/q-2;. The van der Waals surface area contributed by atoms with Crippen molar-refractivity contribution < 1.29 is 44.4 Å². The van der Waals surface area contributed by atoms with Gasteiger partial charge in [-0.2, -0.15) is 8.42 Å². The Balaban J connectivity index is 0.00000348. The third kappa shape index (κ3) is 5.25. The molecular weight excluding hydrogens is 715 g/mol. The molecule has 0 unspecified atom stereocenters. The van der Waals surface area contributed by atoms with E-state index in [-0.39, 0.29) is 33.3 Å². The molecule has 0 aliphatic carbocycles. The number of hydrogen-bond donors (Lipinski definition) is 2. The summed E-state index contributed by atoms with van der Waals surface area (Å²) in [4.78, 5) is 38.7. The van der Waals surface area contributed by atoms with Crippen molar-refractivity contribution in [2.24, 2.45) is 0 Å². The first kappa shape index (κ1) is 31.2. The Morgan fingerprint density at radius 3 is 1.45 bits per heavy atom. The molecule has 49 heavy (non-hydrogen) atoms. The summed E-state index contributed by atoms with van der Waals surface area (Å²) in [7, 11) is -4.53. The summed E-state index contributed by atoms with van der Waals surface area (Å²) in [5.74, 6) is 1.06. The zero-order valence-corrected chi connectivity index (χ0v) is 27.0. The van der Waals surface area contributed by atoms with E-state index in [1.54, 1.807) is 18.2 Å². The normalized spacial score (nSPS) is 12.1. The van der Waals surface area contributed by atoms with Gasteiger partial charge in [0.1, 0.15) is 0 Å². The second-order valence-corrected chi connectivity index (χ2v) is 12.9. The summed E-state index contributed by atoms with van der Waals surface area (Å²) in [5, 5.41) is 15.3. The van der Waals surface area contributed by atoms with Gasteiger partial charge in [-0.3, -0.25) is 4.55 Å². The van der Waals surface area contributed by atoms with Crippen molar-refractivity contribution in [2.75, 3.05) is 0 Å². The first-order valence-electron chi connectivity index (χ1n) is 14.1. The summed E-state index contributed by atoms with van der Waals surface area (Å²) in [6.07, 6.45) is 0. The largest absolute Gasteiger partial charge is 0.357 e. The van der Waals surface area contributed by atoms with Crippen LogP contribution in [0.25, 0.3) is 89.7 Å². The molecule has 2 aliphatic heterocycles. The molecule has 2 aliphatic rings. The Kier molecular flexibility index (Phi) is 7.50. The van der Waals surface area contributed by atoms with E-state index in [0.717, 1.165) is 12.0 Å². The van der Waals surface area contributed by atoms with E-state index in [1.165, 1.54) is 18.2 Å². The fourth-order valence-electron chi connectivity index (χ4n) is 5.79. The fourth-order valence-corrected chi connectivity index (χ4v) is 6.69. The van der Waals surface area contributed by atoms with E-state index in [4.69, 9.17) is 45.1 Å². The van der Waals surface area contributed by atoms with Gasteiger partial charge in [-0.25, -0.2) is 15.2 Å². The van der Waals surface area contributed by atoms with E-state index in [9.17, 15) is 13.0 Å². The molecule has 0 saturated carbocycles. The van der Waals surface area contributed by atoms with Crippen molar-refractivity contribution in [3.8, 4) is 45.6 Å². The van der Waals surface area contributed by atoms with Gasteiger partial charge >= 0.3 is 0 Å². The smallest absolute Gasteiger partial charge is 0.294 e. The van der Waals surface area contributed by atoms with E-state index in [1.807, 2.05) is 48.5 Å². The van der Waals surface area contributed by atoms with Crippen LogP contribution in [0.15, 0.2) is 94.7 Å². The first-order chi connectivity index (χ1) is 23.3. The number of nitrogens with zero attached hydrogens (tertiary/aromatic N) is 8. The molecule has 9 rings (SSSR count). The number of aromatic nitrogens is 8. The van der Waals surface area contributed by atoms with Crippen molar-refractivity contribution in [2.45, 2.75) is 9.79 Å². The van der Waals surface area contributed by atoms with Crippen molar-refractivity contribution in [3.63, 3.8) is 0 Å². The van der Waals surface area contributed by atoms with Gasteiger partial charge in [-0.05, 0) is 45.8 Å². The molecule has 17 heteroatoms. The first-order valence-corrected chi connectivity index (χ1v) is 16.3. The summed E-state index contributed by atoms with van der Waals surface area (Å²) < 4.78 is 38.7. The minimum absolute atomic E-state index is 0. The molecule has 0 fully saturated rings. The number of benzene rings is 4. The van der Waals surface area contributed by atoms with Crippen molar-refractivity contribution >= 4 is 66.3 Å². The van der Waals surface area contributed by atoms with E-state index < -0.39 is 10.1 Å². The van der Waals surface area contributed by atoms with Crippen LogP contribution < -0.4 is 9.97 Å². The molecule has 243 valence electrons. The Hall–Kier alpha value is -5.11. The molecule has 0 amide bonds. The second-order valence-electron chi connectivity index (χ2n) is 10.7. The van der Waals surface area contributed by atoms with Crippen LogP contribution in [-0.2, 0) is 36.3 Å². The monoisotopic (exact) mass is 731 g/mol. The van der Waals surface area contributed by atoms with Gasteiger partial charge < -0.3 is 29.9 Å². The van der Waals surface area contributed by atoms with Crippen LogP contribution in [0.1, 0.15) is 0 Å². The molecule has 5 heterocycles. The SMILES string of the molecule is O=S(=O)(O)c1ccc2c(c1)-c1nc-2nc2[n-]c(nc3nc(nc4[n-]c(n1)c1ccccc41)-c1ccc(SOOO)cc1-3)c1ccccc21.[Co]. The average molecular weight is 732 g/mol. The molecule has 1 radical (unpaired) electrons. The molecule has 0 saturated heterocycles. The quantitative estimate of drug-likeness (QED) is 0.0952. The molecule has 4 aromatic carbocycles. The molecule has 14 nitrogen and oxygen atoms in total. The summed E-state index contributed by atoms with van der Waals surface area (Å²) in [6, 6.07) is 24.3. The van der Waals surface area contributed by atoms with Crippen molar-refractivity contribution in [1.82, 2.24) is 39.9 Å². The van der Waals surface area contributed by atoms with Crippen LogP contribution in [0.5, 0.6) is 0 Å². The van der Waals surface area contributed by atoms with Crippen LogP contribution in [0.4, 0.5) is 0 Å². The number of hydrogen-bond acceptors (Lipinski definition) is 12. The van der Waals surface area contributed by atoms with Crippen LogP contribution in [-0.4, -0.2) is 48.1 Å². The Morgan fingerprint density at radius 1 is 0.571 bits per heavy atom. The predicted molar refractivity (Wildman–Crippen MR) is 174 cm³/mol. The average Bonchev–Trinajstić information content (AvgIpc) is 3.82. The Labute approximate surface area is 289 Å². The number of rotatable bonds is 4. The summed E-state index contributed by atoms with van der Waals surface area (Å²) in [6.45, 7) is 0. The maximum absolute atomic E-state index is 12.1. The number of fused-ring (bicyclic) bond motifs is 20. The van der Waals surface area contributed by atoms with Crippen molar-refractivity contribution in [3.05, 3.63) is 84.9 Å². The van der Waals surface area contributed by atoms with Gasteiger partial charge in [0.15, 0.2) is 0 Å². The van der Waals surface area contributed by atoms with Crippen LogP contribution in [0.2, 0.25) is 0 Å². The van der Waals surface area contributed by atoms with E-state index >= 15 is 0 Å². The van der Waals surface area contributed by atoms with Gasteiger partial charge in [0.05, 0.1) is 40.2 Å². The predicted octanol–water partition coefficient (Wildman–Crippen LogP) is 5.80. The zero-order chi connectivity index (χ0) is 32.6. The van der Waals surface area contributed by atoms with Crippen LogP contribution in [0, 0.1) is 0 Å².